The lowest BCUT2D eigenvalue weighted by molar-refractivity contribution is 0.0350. The molecule has 3 rings (SSSR count). The molecule has 0 N–H and O–H groups in total. The highest BCUT2D eigenvalue weighted by Crippen LogP contribution is 2.23. The maximum atomic E-state index is 12.9. The number of likely N-dealkylation sites (tertiary alicyclic amines) is 1. The van der Waals surface area contributed by atoms with E-state index in [1.165, 1.54) is 0 Å². The Morgan fingerprint density at radius 1 is 1.13 bits per heavy atom. The van der Waals surface area contributed by atoms with Gasteiger partial charge < -0.3 is 14.2 Å². The Bertz CT molecular complexity index is 683. The van der Waals surface area contributed by atoms with Crippen LogP contribution in [0.1, 0.15) is 34.6 Å². The van der Waals surface area contributed by atoms with E-state index in [9.17, 15) is 4.79 Å². The Kier molecular flexibility index (Phi) is 4.53. The van der Waals surface area contributed by atoms with Crippen LogP contribution in [0.4, 0.5) is 0 Å². The van der Waals surface area contributed by atoms with Crippen LogP contribution < -0.4 is 0 Å². The van der Waals surface area contributed by atoms with Crippen molar-refractivity contribution in [3.63, 3.8) is 0 Å². The van der Waals surface area contributed by atoms with E-state index in [1.807, 2.05) is 43.0 Å². The summed E-state index contributed by atoms with van der Waals surface area (Å²) in [4.78, 5) is 14.8. The largest absolute Gasteiger partial charge is 0.381 e. The van der Waals surface area contributed by atoms with E-state index < -0.39 is 0 Å². The molecule has 0 spiro atoms. The van der Waals surface area contributed by atoms with Crippen LogP contribution >= 0.6 is 0 Å². The van der Waals surface area contributed by atoms with Crippen LogP contribution in [0.3, 0.4) is 0 Å². The van der Waals surface area contributed by atoms with E-state index in [1.54, 1.807) is 7.11 Å². The van der Waals surface area contributed by atoms with Gasteiger partial charge in [0, 0.05) is 37.3 Å². The highest BCUT2D eigenvalue weighted by molar-refractivity contribution is 5.96. The number of hydrogen-bond acceptors (Lipinski definition) is 2. The smallest absolute Gasteiger partial charge is 0.255 e. The first-order chi connectivity index (χ1) is 11.1. The summed E-state index contributed by atoms with van der Waals surface area (Å²) in [5.74, 6) is 0.134. The van der Waals surface area contributed by atoms with Crippen molar-refractivity contribution < 1.29 is 9.53 Å². The van der Waals surface area contributed by atoms with E-state index in [0.29, 0.717) is 0 Å². The molecule has 2 heterocycles. The van der Waals surface area contributed by atoms with Crippen LogP contribution in [0.5, 0.6) is 0 Å². The third-order valence-corrected chi connectivity index (χ3v) is 4.74. The fourth-order valence-electron chi connectivity index (χ4n) is 3.42. The van der Waals surface area contributed by atoms with Crippen molar-refractivity contribution in [1.82, 2.24) is 9.47 Å². The average Bonchev–Trinajstić information content (AvgIpc) is 2.89. The van der Waals surface area contributed by atoms with Crippen molar-refractivity contribution in [2.24, 2.45) is 0 Å². The fourth-order valence-corrected chi connectivity index (χ4v) is 3.42. The molecule has 1 aliphatic heterocycles. The average molecular weight is 312 g/mol. The number of hydrogen-bond donors (Lipinski definition) is 0. The minimum absolute atomic E-state index is 0.134. The van der Waals surface area contributed by atoms with Gasteiger partial charge in [-0.15, -0.1) is 0 Å². The van der Waals surface area contributed by atoms with Gasteiger partial charge >= 0.3 is 0 Å². The Labute approximate surface area is 137 Å². The minimum Gasteiger partial charge on any atom is -0.381 e. The number of carbonyl (C=O) groups excluding carboxylic acids is 1. The van der Waals surface area contributed by atoms with Gasteiger partial charge in [-0.2, -0.15) is 0 Å². The SMILES string of the molecule is COC1CCN(C(=O)c2cc(C)n(-c3ccccc3)c2C)CC1. The van der Waals surface area contributed by atoms with Crippen molar-refractivity contribution >= 4 is 5.91 Å². The molecule has 1 aromatic carbocycles. The highest BCUT2D eigenvalue weighted by Gasteiger charge is 2.26. The standard InChI is InChI=1S/C19H24N2O2/c1-14-13-18(15(2)21(14)16-7-5-4-6-8-16)19(22)20-11-9-17(23-3)10-12-20/h4-8,13,17H,9-12H2,1-3H3. The molecule has 1 amide bonds. The van der Waals surface area contributed by atoms with E-state index in [4.69, 9.17) is 4.74 Å². The highest BCUT2D eigenvalue weighted by atomic mass is 16.5. The molecule has 0 aliphatic carbocycles. The molecule has 0 radical (unpaired) electrons. The van der Waals surface area contributed by atoms with E-state index in [2.05, 4.69) is 16.7 Å². The number of benzene rings is 1. The summed E-state index contributed by atoms with van der Waals surface area (Å²) in [6.45, 7) is 5.61. The zero-order chi connectivity index (χ0) is 16.4. The molecule has 4 nitrogen and oxygen atoms in total. The van der Waals surface area contributed by atoms with Crippen molar-refractivity contribution in [1.29, 1.82) is 0 Å². The molecule has 122 valence electrons. The van der Waals surface area contributed by atoms with Crippen LogP contribution in [0.25, 0.3) is 5.69 Å². The van der Waals surface area contributed by atoms with Crippen molar-refractivity contribution in [3.05, 3.63) is 53.3 Å². The molecule has 0 saturated carbocycles. The monoisotopic (exact) mass is 312 g/mol. The fraction of sp³-hybridized carbons (Fsp3) is 0.421. The topological polar surface area (TPSA) is 34.5 Å². The molecule has 0 unspecified atom stereocenters. The predicted molar refractivity (Wildman–Crippen MR) is 91.2 cm³/mol. The number of piperidine rings is 1. The van der Waals surface area contributed by atoms with Crippen molar-refractivity contribution in [2.75, 3.05) is 20.2 Å². The van der Waals surface area contributed by atoms with Gasteiger partial charge in [-0.3, -0.25) is 4.79 Å². The summed E-state index contributed by atoms with van der Waals surface area (Å²) >= 11 is 0. The van der Waals surface area contributed by atoms with Crippen LogP contribution in [-0.4, -0.2) is 41.7 Å². The number of aryl methyl sites for hydroxylation is 1. The number of aromatic nitrogens is 1. The Morgan fingerprint density at radius 2 is 1.78 bits per heavy atom. The number of carbonyl (C=O) groups is 1. The summed E-state index contributed by atoms with van der Waals surface area (Å²) in [5.41, 5.74) is 4.00. The summed E-state index contributed by atoms with van der Waals surface area (Å²) in [7, 11) is 1.75. The van der Waals surface area contributed by atoms with E-state index >= 15 is 0 Å². The first-order valence-corrected chi connectivity index (χ1v) is 8.18. The summed E-state index contributed by atoms with van der Waals surface area (Å²) < 4.78 is 7.54. The molecule has 1 saturated heterocycles. The van der Waals surface area contributed by atoms with Gasteiger partial charge in [0.05, 0.1) is 11.7 Å². The van der Waals surface area contributed by atoms with E-state index in [0.717, 1.165) is 48.6 Å². The number of amides is 1. The zero-order valence-corrected chi connectivity index (χ0v) is 14.1. The van der Waals surface area contributed by atoms with Gasteiger partial charge in [-0.25, -0.2) is 0 Å². The maximum absolute atomic E-state index is 12.9. The summed E-state index contributed by atoms with van der Waals surface area (Å²) in [6, 6.07) is 12.2. The minimum atomic E-state index is 0.134. The number of methoxy groups -OCH3 is 1. The predicted octanol–water partition coefficient (Wildman–Crippen LogP) is 3.35. The lowest BCUT2D eigenvalue weighted by Crippen LogP contribution is -2.40. The molecular formula is C19H24N2O2. The Hall–Kier alpha value is -2.07. The number of nitrogens with zero attached hydrogens (tertiary/aromatic N) is 2. The third kappa shape index (κ3) is 3.04. The zero-order valence-electron chi connectivity index (χ0n) is 14.1. The van der Waals surface area contributed by atoms with Gasteiger partial charge in [0.2, 0.25) is 0 Å². The molecule has 1 aliphatic rings. The second-order valence-corrected chi connectivity index (χ2v) is 6.18. The summed E-state index contributed by atoms with van der Waals surface area (Å²) in [6.07, 6.45) is 2.12. The van der Waals surface area contributed by atoms with E-state index in [-0.39, 0.29) is 12.0 Å². The molecule has 1 aromatic heterocycles. The van der Waals surface area contributed by atoms with Gasteiger partial charge in [-0.05, 0) is 44.9 Å². The number of para-hydroxylation sites is 1. The normalized spacial score (nSPS) is 15.9. The quantitative estimate of drug-likeness (QED) is 0.871. The second-order valence-electron chi connectivity index (χ2n) is 6.18. The van der Waals surface area contributed by atoms with Crippen molar-refractivity contribution in [2.45, 2.75) is 32.8 Å². The molecule has 2 aromatic rings. The second kappa shape index (κ2) is 6.59. The summed E-state index contributed by atoms with van der Waals surface area (Å²) in [5, 5.41) is 0. The first kappa shape index (κ1) is 15.8. The molecule has 0 bridgehead atoms. The number of rotatable bonds is 3. The molecule has 23 heavy (non-hydrogen) atoms. The van der Waals surface area contributed by atoms with Crippen LogP contribution in [0, 0.1) is 13.8 Å². The van der Waals surface area contributed by atoms with Gasteiger partial charge in [0.25, 0.3) is 5.91 Å². The number of ether oxygens (including phenoxy) is 1. The van der Waals surface area contributed by atoms with Gasteiger partial charge in [0.1, 0.15) is 0 Å². The van der Waals surface area contributed by atoms with Crippen LogP contribution in [0.15, 0.2) is 36.4 Å². The van der Waals surface area contributed by atoms with Crippen molar-refractivity contribution in [3.8, 4) is 5.69 Å². The Balaban J connectivity index is 1.85. The van der Waals surface area contributed by atoms with Crippen LogP contribution in [0.2, 0.25) is 0 Å². The molecule has 0 atom stereocenters. The third-order valence-electron chi connectivity index (χ3n) is 4.74. The van der Waals surface area contributed by atoms with Gasteiger partial charge in [0.15, 0.2) is 0 Å². The molecular weight excluding hydrogens is 288 g/mol. The lowest BCUT2D eigenvalue weighted by atomic mass is 10.1. The maximum Gasteiger partial charge on any atom is 0.255 e. The first-order valence-electron chi connectivity index (χ1n) is 8.18. The lowest BCUT2D eigenvalue weighted by Gasteiger charge is -2.31. The molecule has 1 fully saturated rings. The van der Waals surface area contributed by atoms with Crippen LogP contribution in [-0.2, 0) is 4.74 Å². The Morgan fingerprint density at radius 3 is 2.39 bits per heavy atom. The van der Waals surface area contributed by atoms with Gasteiger partial charge in [-0.1, -0.05) is 18.2 Å². The molecule has 4 heteroatoms.